The van der Waals surface area contributed by atoms with Gasteiger partial charge in [0.05, 0.1) is 0 Å². The zero-order chi connectivity index (χ0) is 14.2. The molecule has 1 aromatic carbocycles. The zero-order valence-corrected chi connectivity index (χ0v) is 12.3. The number of benzene rings is 1. The molecule has 4 heterocycles. The van der Waals surface area contributed by atoms with Crippen LogP contribution in [-0.2, 0) is 4.79 Å². The molecule has 0 spiro atoms. The van der Waals surface area contributed by atoms with Gasteiger partial charge in [0.15, 0.2) is 0 Å². The molecule has 1 amide bonds. The number of amides is 1. The normalized spacial score (nSPS) is 33.3. The second-order valence-electron chi connectivity index (χ2n) is 6.68. The van der Waals surface area contributed by atoms with Gasteiger partial charge in [-0.25, -0.2) is 0 Å². The third-order valence-corrected chi connectivity index (χ3v) is 5.37. The lowest BCUT2D eigenvalue weighted by atomic mass is 9.84. The first kappa shape index (κ1) is 13.1. The molecule has 4 aliphatic rings. The van der Waals surface area contributed by atoms with Crippen LogP contribution >= 0.6 is 0 Å². The molecule has 3 fully saturated rings. The van der Waals surface area contributed by atoms with Gasteiger partial charge < -0.3 is 15.5 Å². The highest BCUT2D eigenvalue weighted by atomic mass is 16.1. The van der Waals surface area contributed by atoms with Crippen molar-refractivity contribution in [1.82, 2.24) is 10.2 Å². The molecular formula is C17H23N3O. The first-order chi connectivity index (χ1) is 10.3. The van der Waals surface area contributed by atoms with Gasteiger partial charge in [-0.3, -0.25) is 4.79 Å². The molecule has 2 N–H and O–H groups in total. The first-order valence-electron chi connectivity index (χ1n) is 8.14. The average molecular weight is 285 g/mol. The van der Waals surface area contributed by atoms with Gasteiger partial charge in [-0.05, 0) is 43.5 Å². The topological polar surface area (TPSA) is 44.4 Å². The maximum atomic E-state index is 12.4. The van der Waals surface area contributed by atoms with Crippen molar-refractivity contribution >= 4 is 11.6 Å². The van der Waals surface area contributed by atoms with Crippen molar-refractivity contribution < 1.29 is 4.79 Å². The number of anilines is 1. The van der Waals surface area contributed by atoms with Gasteiger partial charge in [0.2, 0.25) is 5.91 Å². The fourth-order valence-corrected chi connectivity index (χ4v) is 4.16. The summed E-state index contributed by atoms with van der Waals surface area (Å²) in [5.41, 5.74) is 2.49. The molecule has 4 aliphatic heterocycles. The fourth-order valence-electron chi connectivity index (χ4n) is 4.16. The highest BCUT2D eigenvalue weighted by Crippen LogP contribution is 2.33. The van der Waals surface area contributed by atoms with E-state index in [1.807, 2.05) is 6.07 Å². The van der Waals surface area contributed by atoms with Crippen LogP contribution in [0.5, 0.6) is 0 Å². The summed E-state index contributed by atoms with van der Waals surface area (Å²) in [6.07, 6.45) is 3.10. The zero-order valence-electron chi connectivity index (χ0n) is 12.3. The highest BCUT2D eigenvalue weighted by Gasteiger charge is 2.35. The van der Waals surface area contributed by atoms with E-state index in [0.29, 0.717) is 24.3 Å². The van der Waals surface area contributed by atoms with Gasteiger partial charge in [0.1, 0.15) is 0 Å². The maximum Gasteiger partial charge on any atom is 0.220 e. The summed E-state index contributed by atoms with van der Waals surface area (Å²) in [5.74, 6) is 1.24. The fraction of sp³-hybridized carbons (Fsp3) is 0.588. The molecule has 2 unspecified atom stereocenters. The maximum absolute atomic E-state index is 12.4. The van der Waals surface area contributed by atoms with Crippen LogP contribution in [0, 0.1) is 5.92 Å². The van der Waals surface area contributed by atoms with Crippen molar-refractivity contribution in [3.05, 3.63) is 29.8 Å². The van der Waals surface area contributed by atoms with Crippen LogP contribution < -0.4 is 10.6 Å². The van der Waals surface area contributed by atoms with Gasteiger partial charge in [-0.2, -0.15) is 0 Å². The molecule has 112 valence electrons. The average Bonchev–Trinajstić information content (AvgIpc) is 2.92. The molecule has 0 aromatic heterocycles. The van der Waals surface area contributed by atoms with E-state index in [2.05, 4.69) is 33.7 Å². The third kappa shape index (κ3) is 2.53. The van der Waals surface area contributed by atoms with Gasteiger partial charge in [-0.15, -0.1) is 0 Å². The quantitative estimate of drug-likeness (QED) is 0.890. The van der Waals surface area contributed by atoms with Crippen LogP contribution in [0.15, 0.2) is 24.3 Å². The van der Waals surface area contributed by atoms with Gasteiger partial charge >= 0.3 is 0 Å². The van der Waals surface area contributed by atoms with E-state index in [4.69, 9.17) is 0 Å². The standard InChI is InChI=1S/C17H23N3O/c21-17(19-16-11-20-7-5-12(16)6-8-20)9-13-10-18-15-4-2-1-3-14(13)15/h1-4,12-13,16,18H,5-11H2,(H,19,21). The molecule has 21 heavy (non-hydrogen) atoms. The Kier molecular flexibility index (Phi) is 3.34. The van der Waals surface area contributed by atoms with E-state index < -0.39 is 0 Å². The molecule has 0 radical (unpaired) electrons. The number of rotatable bonds is 3. The highest BCUT2D eigenvalue weighted by molar-refractivity contribution is 5.78. The van der Waals surface area contributed by atoms with E-state index in [1.165, 1.54) is 37.2 Å². The second kappa shape index (κ2) is 5.34. The van der Waals surface area contributed by atoms with Crippen molar-refractivity contribution in [2.45, 2.75) is 31.2 Å². The van der Waals surface area contributed by atoms with Crippen molar-refractivity contribution in [1.29, 1.82) is 0 Å². The molecular weight excluding hydrogens is 262 g/mol. The Morgan fingerprint density at radius 1 is 1.29 bits per heavy atom. The van der Waals surface area contributed by atoms with Crippen molar-refractivity contribution in [2.75, 3.05) is 31.5 Å². The largest absolute Gasteiger partial charge is 0.384 e. The molecule has 5 rings (SSSR count). The Balaban J connectivity index is 1.37. The Labute approximate surface area is 125 Å². The number of nitrogens with zero attached hydrogens (tertiary/aromatic N) is 1. The number of hydrogen-bond acceptors (Lipinski definition) is 3. The smallest absolute Gasteiger partial charge is 0.220 e. The Morgan fingerprint density at radius 2 is 2.10 bits per heavy atom. The number of hydrogen-bond donors (Lipinski definition) is 2. The SMILES string of the molecule is O=C(CC1CNc2ccccc21)NC1CN2CCC1CC2. The number of nitrogens with one attached hydrogen (secondary N) is 2. The van der Waals surface area contributed by atoms with Crippen molar-refractivity contribution in [2.24, 2.45) is 5.92 Å². The monoisotopic (exact) mass is 285 g/mol. The molecule has 0 saturated carbocycles. The number of carbonyl (C=O) groups excluding carboxylic acids is 1. The summed E-state index contributed by atoms with van der Waals surface area (Å²) in [7, 11) is 0. The summed E-state index contributed by atoms with van der Waals surface area (Å²) < 4.78 is 0. The lowest BCUT2D eigenvalue weighted by Crippen LogP contribution is -2.57. The lowest BCUT2D eigenvalue weighted by molar-refractivity contribution is -0.123. The molecule has 4 nitrogen and oxygen atoms in total. The Bertz CT molecular complexity index is 537. The number of piperidine rings is 3. The molecule has 2 atom stereocenters. The Hall–Kier alpha value is -1.55. The minimum Gasteiger partial charge on any atom is -0.384 e. The lowest BCUT2D eigenvalue weighted by Gasteiger charge is -2.45. The minimum atomic E-state index is 0.220. The molecule has 4 heteroatoms. The third-order valence-electron chi connectivity index (χ3n) is 5.37. The molecule has 1 aromatic rings. The van der Waals surface area contributed by atoms with Crippen LogP contribution in [0.25, 0.3) is 0 Å². The van der Waals surface area contributed by atoms with Gasteiger partial charge in [0.25, 0.3) is 0 Å². The van der Waals surface area contributed by atoms with Crippen molar-refractivity contribution in [3.8, 4) is 0 Å². The second-order valence-corrected chi connectivity index (χ2v) is 6.68. The van der Waals surface area contributed by atoms with Crippen LogP contribution in [-0.4, -0.2) is 43.0 Å². The number of fused-ring (bicyclic) bond motifs is 4. The van der Waals surface area contributed by atoms with Crippen LogP contribution in [0.1, 0.15) is 30.7 Å². The summed E-state index contributed by atoms with van der Waals surface area (Å²) in [5, 5.41) is 6.70. The molecule has 0 aliphatic carbocycles. The van der Waals surface area contributed by atoms with E-state index in [1.54, 1.807) is 0 Å². The summed E-state index contributed by atoms with van der Waals surface area (Å²) in [6, 6.07) is 8.72. The summed E-state index contributed by atoms with van der Waals surface area (Å²) in [6.45, 7) is 4.37. The summed E-state index contributed by atoms with van der Waals surface area (Å²) in [4.78, 5) is 14.9. The number of carbonyl (C=O) groups is 1. The van der Waals surface area contributed by atoms with Crippen LogP contribution in [0.2, 0.25) is 0 Å². The van der Waals surface area contributed by atoms with Crippen LogP contribution in [0.3, 0.4) is 0 Å². The van der Waals surface area contributed by atoms with Crippen LogP contribution in [0.4, 0.5) is 5.69 Å². The van der Waals surface area contributed by atoms with E-state index >= 15 is 0 Å². The van der Waals surface area contributed by atoms with E-state index in [-0.39, 0.29) is 5.91 Å². The minimum absolute atomic E-state index is 0.220. The van der Waals surface area contributed by atoms with E-state index in [0.717, 1.165) is 13.1 Å². The summed E-state index contributed by atoms with van der Waals surface area (Å²) >= 11 is 0. The number of para-hydroxylation sites is 1. The van der Waals surface area contributed by atoms with Gasteiger partial charge in [0, 0.05) is 37.2 Å². The molecule has 2 bridgehead atoms. The predicted molar refractivity (Wildman–Crippen MR) is 83.4 cm³/mol. The molecule has 3 saturated heterocycles. The van der Waals surface area contributed by atoms with Gasteiger partial charge in [-0.1, -0.05) is 18.2 Å². The predicted octanol–water partition coefficient (Wildman–Crippen LogP) is 1.80. The Morgan fingerprint density at radius 3 is 2.86 bits per heavy atom. The van der Waals surface area contributed by atoms with Crippen molar-refractivity contribution in [3.63, 3.8) is 0 Å². The first-order valence-corrected chi connectivity index (χ1v) is 8.14. The van der Waals surface area contributed by atoms with E-state index in [9.17, 15) is 4.79 Å².